The first-order chi connectivity index (χ1) is 9.27. The molecule has 0 aliphatic heterocycles. The summed E-state index contributed by atoms with van der Waals surface area (Å²) in [5.74, 6) is 0.178. The van der Waals surface area contributed by atoms with Gasteiger partial charge in [-0.2, -0.15) is 13.2 Å². The van der Waals surface area contributed by atoms with E-state index >= 15 is 0 Å². The Bertz CT molecular complexity index is 612. The summed E-state index contributed by atoms with van der Waals surface area (Å²) in [6.07, 6.45) is -4.54. The fourth-order valence-electron chi connectivity index (χ4n) is 1.41. The van der Waals surface area contributed by atoms with Gasteiger partial charge in [-0.05, 0) is 25.1 Å². The SMILES string of the molecule is CC(N)c1nnc(Nc2ccc(Cl)c(C(F)(F)F)c2)o1. The Morgan fingerprint density at radius 3 is 2.60 bits per heavy atom. The minimum absolute atomic E-state index is 0.0484. The summed E-state index contributed by atoms with van der Waals surface area (Å²) < 4.78 is 43.2. The molecule has 0 fully saturated rings. The van der Waals surface area contributed by atoms with Gasteiger partial charge in [0.1, 0.15) is 0 Å². The van der Waals surface area contributed by atoms with Gasteiger partial charge in [-0.15, -0.1) is 5.10 Å². The Morgan fingerprint density at radius 1 is 1.35 bits per heavy atom. The molecule has 1 aromatic carbocycles. The van der Waals surface area contributed by atoms with Crippen LogP contribution in [0.25, 0.3) is 0 Å². The van der Waals surface area contributed by atoms with Crippen molar-refractivity contribution in [2.75, 3.05) is 5.32 Å². The minimum Gasteiger partial charge on any atom is -0.406 e. The Kier molecular flexibility index (Phi) is 3.87. The van der Waals surface area contributed by atoms with Crippen molar-refractivity contribution in [3.05, 3.63) is 34.7 Å². The van der Waals surface area contributed by atoms with Gasteiger partial charge >= 0.3 is 12.2 Å². The predicted octanol–water partition coefficient (Wildman–Crippen LogP) is 3.51. The molecule has 0 amide bonds. The van der Waals surface area contributed by atoms with E-state index in [0.29, 0.717) is 0 Å². The summed E-state index contributed by atoms with van der Waals surface area (Å²) in [6, 6.07) is 2.85. The van der Waals surface area contributed by atoms with Crippen molar-refractivity contribution in [3.8, 4) is 0 Å². The third-order valence-electron chi connectivity index (χ3n) is 2.35. The van der Waals surface area contributed by atoms with Crippen LogP contribution < -0.4 is 11.1 Å². The number of halogens is 4. The zero-order chi connectivity index (χ0) is 14.9. The first-order valence-electron chi connectivity index (χ1n) is 5.50. The molecule has 9 heteroatoms. The van der Waals surface area contributed by atoms with Gasteiger partial charge in [0, 0.05) is 5.69 Å². The molecule has 0 aliphatic rings. The summed E-state index contributed by atoms with van der Waals surface area (Å²) in [6.45, 7) is 1.64. The third-order valence-corrected chi connectivity index (χ3v) is 2.68. The molecule has 0 aliphatic carbocycles. The molecule has 20 heavy (non-hydrogen) atoms. The van der Waals surface area contributed by atoms with E-state index < -0.39 is 17.8 Å². The van der Waals surface area contributed by atoms with Crippen LogP contribution in [0.2, 0.25) is 5.02 Å². The summed E-state index contributed by atoms with van der Waals surface area (Å²) in [4.78, 5) is 0. The molecule has 0 spiro atoms. The lowest BCUT2D eigenvalue weighted by Crippen LogP contribution is -2.06. The van der Waals surface area contributed by atoms with Crippen LogP contribution >= 0.6 is 11.6 Å². The number of nitrogens with two attached hydrogens (primary N) is 1. The van der Waals surface area contributed by atoms with Crippen LogP contribution in [0.1, 0.15) is 24.4 Å². The maximum atomic E-state index is 12.7. The van der Waals surface area contributed by atoms with Crippen LogP contribution in [-0.4, -0.2) is 10.2 Å². The van der Waals surface area contributed by atoms with E-state index in [-0.39, 0.29) is 22.6 Å². The van der Waals surface area contributed by atoms with Crippen LogP contribution in [0, 0.1) is 0 Å². The molecule has 0 saturated heterocycles. The van der Waals surface area contributed by atoms with Crippen LogP contribution in [0.3, 0.4) is 0 Å². The van der Waals surface area contributed by atoms with E-state index in [4.69, 9.17) is 21.8 Å². The number of nitrogens with one attached hydrogen (secondary N) is 1. The number of hydrogen-bond donors (Lipinski definition) is 2. The lowest BCUT2D eigenvalue weighted by Gasteiger charge is -2.10. The lowest BCUT2D eigenvalue weighted by atomic mass is 10.2. The molecule has 0 radical (unpaired) electrons. The first-order valence-corrected chi connectivity index (χ1v) is 5.88. The Hall–Kier alpha value is -1.80. The van der Waals surface area contributed by atoms with Crippen LogP contribution in [0.15, 0.2) is 22.6 Å². The van der Waals surface area contributed by atoms with E-state index in [1.165, 1.54) is 6.07 Å². The number of benzene rings is 1. The fraction of sp³-hybridized carbons (Fsp3) is 0.273. The zero-order valence-electron chi connectivity index (χ0n) is 10.2. The normalized spacial score (nSPS) is 13.3. The van der Waals surface area contributed by atoms with Crippen molar-refractivity contribution in [2.45, 2.75) is 19.1 Å². The van der Waals surface area contributed by atoms with Crippen molar-refractivity contribution in [1.82, 2.24) is 10.2 Å². The van der Waals surface area contributed by atoms with E-state index in [0.717, 1.165) is 12.1 Å². The Balaban J connectivity index is 2.25. The molecule has 5 nitrogen and oxygen atoms in total. The third kappa shape index (κ3) is 3.20. The first kappa shape index (κ1) is 14.6. The quantitative estimate of drug-likeness (QED) is 0.907. The molecule has 1 heterocycles. The predicted molar refractivity (Wildman–Crippen MR) is 66.6 cm³/mol. The largest absolute Gasteiger partial charge is 0.417 e. The van der Waals surface area contributed by atoms with E-state index in [9.17, 15) is 13.2 Å². The smallest absolute Gasteiger partial charge is 0.406 e. The summed E-state index contributed by atoms with van der Waals surface area (Å²) in [7, 11) is 0. The average Bonchev–Trinajstić information content (AvgIpc) is 2.79. The molecule has 0 saturated carbocycles. The lowest BCUT2D eigenvalue weighted by molar-refractivity contribution is -0.137. The maximum absolute atomic E-state index is 12.7. The van der Waals surface area contributed by atoms with Gasteiger partial charge in [0.05, 0.1) is 16.6 Å². The highest BCUT2D eigenvalue weighted by atomic mass is 35.5. The molecule has 2 aromatic rings. The van der Waals surface area contributed by atoms with Crippen LogP contribution in [0.5, 0.6) is 0 Å². The van der Waals surface area contributed by atoms with Crippen molar-refractivity contribution in [2.24, 2.45) is 5.73 Å². The second kappa shape index (κ2) is 5.29. The van der Waals surface area contributed by atoms with Gasteiger partial charge in [-0.25, -0.2) is 0 Å². The number of alkyl halides is 3. The molecule has 1 unspecified atom stereocenters. The fourth-order valence-corrected chi connectivity index (χ4v) is 1.64. The second-order valence-corrected chi connectivity index (χ2v) is 4.46. The summed E-state index contributed by atoms with van der Waals surface area (Å²) in [5.41, 5.74) is 4.71. The standard InChI is InChI=1S/C11H10ClF3N4O/c1-5(16)9-18-19-10(20-9)17-6-2-3-8(12)7(4-6)11(13,14)15/h2-5H,16H2,1H3,(H,17,19). The average molecular weight is 307 g/mol. The highest BCUT2D eigenvalue weighted by Crippen LogP contribution is 2.36. The molecule has 1 atom stereocenters. The number of nitrogens with zero attached hydrogens (tertiary/aromatic N) is 2. The molecular weight excluding hydrogens is 297 g/mol. The maximum Gasteiger partial charge on any atom is 0.417 e. The van der Waals surface area contributed by atoms with Gasteiger partial charge < -0.3 is 15.5 Å². The highest BCUT2D eigenvalue weighted by Gasteiger charge is 2.33. The van der Waals surface area contributed by atoms with Gasteiger partial charge in [0.2, 0.25) is 5.89 Å². The number of anilines is 2. The summed E-state index contributed by atoms with van der Waals surface area (Å²) >= 11 is 5.51. The number of hydrogen-bond acceptors (Lipinski definition) is 5. The van der Waals surface area contributed by atoms with Gasteiger partial charge in [-0.3, -0.25) is 0 Å². The van der Waals surface area contributed by atoms with Crippen molar-refractivity contribution in [1.29, 1.82) is 0 Å². The monoisotopic (exact) mass is 306 g/mol. The van der Waals surface area contributed by atoms with Gasteiger partial charge in [0.15, 0.2) is 0 Å². The molecule has 0 bridgehead atoms. The molecule has 1 aromatic heterocycles. The van der Waals surface area contributed by atoms with E-state index in [1.807, 2.05) is 0 Å². The zero-order valence-corrected chi connectivity index (χ0v) is 11.0. The van der Waals surface area contributed by atoms with Crippen LogP contribution in [-0.2, 0) is 6.18 Å². The number of aromatic nitrogens is 2. The highest BCUT2D eigenvalue weighted by molar-refractivity contribution is 6.31. The van der Waals surface area contributed by atoms with Crippen molar-refractivity contribution >= 4 is 23.3 Å². The van der Waals surface area contributed by atoms with Gasteiger partial charge in [-0.1, -0.05) is 16.7 Å². The molecule has 3 N–H and O–H groups in total. The van der Waals surface area contributed by atoms with Crippen molar-refractivity contribution in [3.63, 3.8) is 0 Å². The number of rotatable bonds is 3. The van der Waals surface area contributed by atoms with Crippen molar-refractivity contribution < 1.29 is 17.6 Å². The topological polar surface area (TPSA) is 77.0 Å². The second-order valence-electron chi connectivity index (χ2n) is 4.05. The summed E-state index contributed by atoms with van der Waals surface area (Å²) in [5, 5.41) is 9.45. The molecule has 2 rings (SSSR count). The molecular formula is C11H10ClF3N4O. The Labute approximate surface area is 116 Å². The van der Waals surface area contributed by atoms with E-state index in [1.54, 1.807) is 6.92 Å². The van der Waals surface area contributed by atoms with Gasteiger partial charge in [0.25, 0.3) is 0 Å². The Morgan fingerprint density at radius 2 is 2.05 bits per heavy atom. The van der Waals surface area contributed by atoms with Crippen LogP contribution in [0.4, 0.5) is 24.9 Å². The van der Waals surface area contributed by atoms with E-state index in [2.05, 4.69) is 15.5 Å². The minimum atomic E-state index is -4.54. The molecule has 108 valence electrons.